The zero-order valence-electron chi connectivity index (χ0n) is 6.09. The molecule has 4 nitrogen and oxygen atoms in total. The number of carbonyl (C=O) groups excluding carboxylic acids is 1. The van der Waals surface area contributed by atoms with E-state index in [0.717, 1.165) is 0 Å². The predicted molar refractivity (Wildman–Crippen MR) is 34.1 cm³/mol. The van der Waals surface area contributed by atoms with Crippen molar-refractivity contribution in [1.82, 2.24) is 5.48 Å². The summed E-state index contributed by atoms with van der Waals surface area (Å²) in [4.78, 5) is 15.5. The quantitative estimate of drug-likeness (QED) is 0.587. The van der Waals surface area contributed by atoms with Gasteiger partial charge in [-0.05, 0) is 6.92 Å². The number of ether oxygens (including phenoxy) is 1. The molecule has 0 radical (unpaired) electrons. The molecule has 2 atom stereocenters. The van der Waals surface area contributed by atoms with Crippen molar-refractivity contribution in [3.05, 3.63) is 0 Å². The number of amides is 1. The molecule has 1 rings (SSSR count). The fraction of sp³-hybridized carbons (Fsp3) is 0.833. The van der Waals surface area contributed by atoms with E-state index in [1.165, 1.54) is 0 Å². The molecule has 1 heterocycles. The molecule has 0 aromatic heterocycles. The summed E-state index contributed by atoms with van der Waals surface area (Å²) < 4.78 is 4.97. The Morgan fingerprint density at radius 1 is 1.90 bits per heavy atom. The fourth-order valence-corrected chi connectivity index (χ4v) is 0.821. The zero-order valence-corrected chi connectivity index (χ0v) is 6.09. The molecule has 10 heavy (non-hydrogen) atoms. The Kier molecular flexibility index (Phi) is 2.24. The van der Waals surface area contributed by atoms with E-state index in [1.54, 1.807) is 7.11 Å². The highest BCUT2D eigenvalue weighted by Crippen LogP contribution is 2.10. The Balaban J connectivity index is 2.36. The van der Waals surface area contributed by atoms with Crippen molar-refractivity contribution in [2.45, 2.75) is 25.6 Å². The first kappa shape index (κ1) is 7.50. The smallest absolute Gasteiger partial charge is 0.246 e. The van der Waals surface area contributed by atoms with Crippen molar-refractivity contribution in [2.75, 3.05) is 7.11 Å². The van der Waals surface area contributed by atoms with Gasteiger partial charge < -0.3 is 4.74 Å². The SMILES string of the molecule is COC(C)C1CC(=O)NO1. The molecular formula is C6H11NO3. The Morgan fingerprint density at radius 3 is 3.00 bits per heavy atom. The van der Waals surface area contributed by atoms with Gasteiger partial charge in [0.05, 0.1) is 12.5 Å². The molecule has 1 amide bonds. The minimum atomic E-state index is -0.127. The topological polar surface area (TPSA) is 47.6 Å². The van der Waals surface area contributed by atoms with Gasteiger partial charge in [0.2, 0.25) is 5.91 Å². The van der Waals surface area contributed by atoms with Crippen molar-refractivity contribution in [3.63, 3.8) is 0 Å². The van der Waals surface area contributed by atoms with Gasteiger partial charge in [-0.3, -0.25) is 9.63 Å². The Labute approximate surface area is 59.5 Å². The van der Waals surface area contributed by atoms with Crippen LogP contribution in [0.4, 0.5) is 0 Å². The Morgan fingerprint density at radius 2 is 2.60 bits per heavy atom. The molecule has 1 saturated heterocycles. The largest absolute Gasteiger partial charge is 0.379 e. The fourth-order valence-electron chi connectivity index (χ4n) is 0.821. The van der Waals surface area contributed by atoms with E-state index in [1.807, 2.05) is 6.92 Å². The van der Waals surface area contributed by atoms with E-state index in [2.05, 4.69) is 5.48 Å². The van der Waals surface area contributed by atoms with Crippen LogP contribution in [0.25, 0.3) is 0 Å². The van der Waals surface area contributed by atoms with Crippen LogP contribution in [0.3, 0.4) is 0 Å². The van der Waals surface area contributed by atoms with Crippen molar-refractivity contribution in [3.8, 4) is 0 Å². The van der Waals surface area contributed by atoms with Crippen LogP contribution in [0.5, 0.6) is 0 Å². The monoisotopic (exact) mass is 145 g/mol. The number of hydrogen-bond acceptors (Lipinski definition) is 3. The second-order valence-electron chi connectivity index (χ2n) is 2.33. The van der Waals surface area contributed by atoms with Gasteiger partial charge >= 0.3 is 0 Å². The maximum atomic E-state index is 10.6. The maximum absolute atomic E-state index is 10.6. The van der Waals surface area contributed by atoms with Crippen LogP contribution in [0.15, 0.2) is 0 Å². The van der Waals surface area contributed by atoms with Gasteiger partial charge in [0.15, 0.2) is 0 Å². The van der Waals surface area contributed by atoms with Crippen LogP contribution in [0.1, 0.15) is 13.3 Å². The first-order valence-electron chi connectivity index (χ1n) is 3.21. The standard InChI is InChI=1S/C6H11NO3/c1-4(9-2)5-3-6(8)7-10-5/h4-5H,3H2,1-2H3,(H,7,8). The van der Waals surface area contributed by atoms with E-state index >= 15 is 0 Å². The molecule has 0 spiro atoms. The number of carbonyl (C=O) groups is 1. The van der Waals surface area contributed by atoms with Gasteiger partial charge in [-0.25, -0.2) is 5.48 Å². The summed E-state index contributed by atoms with van der Waals surface area (Å²) >= 11 is 0. The lowest BCUT2D eigenvalue weighted by Crippen LogP contribution is -2.25. The van der Waals surface area contributed by atoms with E-state index < -0.39 is 0 Å². The first-order chi connectivity index (χ1) is 4.74. The third-order valence-corrected chi connectivity index (χ3v) is 1.61. The molecule has 0 bridgehead atoms. The van der Waals surface area contributed by atoms with E-state index in [-0.39, 0.29) is 18.1 Å². The highest BCUT2D eigenvalue weighted by Gasteiger charge is 2.27. The molecule has 1 aliphatic rings. The van der Waals surface area contributed by atoms with Crippen LogP contribution >= 0.6 is 0 Å². The number of hydroxylamine groups is 1. The molecule has 0 aromatic carbocycles. The molecule has 1 fully saturated rings. The van der Waals surface area contributed by atoms with E-state index in [4.69, 9.17) is 9.57 Å². The van der Waals surface area contributed by atoms with E-state index in [0.29, 0.717) is 6.42 Å². The van der Waals surface area contributed by atoms with Gasteiger partial charge in [-0.15, -0.1) is 0 Å². The summed E-state index contributed by atoms with van der Waals surface area (Å²) in [6.07, 6.45) is 0.242. The average molecular weight is 145 g/mol. The molecule has 0 aromatic rings. The van der Waals surface area contributed by atoms with Crippen molar-refractivity contribution < 1.29 is 14.4 Å². The highest BCUT2D eigenvalue weighted by atomic mass is 16.7. The van der Waals surface area contributed by atoms with Crippen LogP contribution in [0, 0.1) is 0 Å². The maximum Gasteiger partial charge on any atom is 0.246 e. The summed E-state index contributed by atoms with van der Waals surface area (Å²) in [6.45, 7) is 1.87. The molecule has 1 N–H and O–H groups in total. The second kappa shape index (κ2) is 2.98. The molecule has 0 aliphatic carbocycles. The average Bonchev–Trinajstić information content (AvgIpc) is 2.34. The highest BCUT2D eigenvalue weighted by molar-refractivity contribution is 5.76. The van der Waals surface area contributed by atoms with E-state index in [9.17, 15) is 4.79 Å². The van der Waals surface area contributed by atoms with Gasteiger partial charge in [0.25, 0.3) is 0 Å². The molecular weight excluding hydrogens is 134 g/mol. The van der Waals surface area contributed by atoms with Gasteiger partial charge in [0, 0.05) is 7.11 Å². The lowest BCUT2D eigenvalue weighted by molar-refractivity contribution is -0.125. The molecule has 2 unspecified atom stereocenters. The molecule has 58 valence electrons. The number of hydrogen-bond donors (Lipinski definition) is 1. The summed E-state index contributed by atoms with van der Waals surface area (Å²) in [5.74, 6) is -0.0751. The van der Waals surface area contributed by atoms with Gasteiger partial charge in [-0.1, -0.05) is 0 Å². The van der Waals surface area contributed by atoms with Crippen LogP contribution < -0.4 is 5.48 Å². The first-order valence-corrected chi connectivity index (χ1v) is 3.21. The van der Waals surface area contributed by atoms with Crippen molar-refractivity contribution >= 4 is 5.91 Å². The lowest BCUT2D eigenvalue weighted by atomic mass is 10.2. The third kappa shape index (κ3) is 1.46. The lowest BCUT2D eigenvalue weighted by Gasteiger charge is -2.13. The predicted octanol–water partition coefficient (Wildman–Crippen LogP) is -0.159. The summed E-state index contributed by atoms with van der Waals surface area (Å²) in [6, 6.07) is 0. The minimum absolute atomic E-state index is 0.0288. The van der Waals surface area contributed by atoms with Crippen molar-refractivity contribution in [2.24, 2.45) is 0 Å². The summed E-state index contributed by atoms with van der Waals surface area (Å²) in [5.41, 5.74) is 2.27. The number of rotatable bonds is 2. The number of methoxy groups -OCH3 is 1. The Hall–Kier alpha value is -0.610. The van der Waals surface area contributed by atoms with Crippen LogP contribution in [-0.4, -0.2) is 25.2 Å². The molecule has 4 heteroatoms. The van der Waals surface area contributed by atoms with Crippen molar-refractivity contribution in [1.29, 1.82) is 0 Å². The minimum Gasteiger partial charge on any atom is -0.379 e. The molecule has 0 saturated carbocycles. The Bertz CT molecular complexity index is 137. The molecule has 1 aliphatic heterocycles. The van der Waals surface area contributed by atoms with Gasteiger partial charge in [-0.2, -0.15) is 0 Å². The summed E-state index contributed by atoms with van der Waals surface area (Å²) in [5, 5.41) is 0. The van der Waals surface area contributed by atoms with Gasteiger partial charge in [0.1, 0.15) is 6.10 Å². The van der Waals surface area contributed by atoms with Crippen LogP contribution in [0.2, 0.25) is 0 Å². The number of nitrogens with one attached hydrogen (secondary N) is 1. The third-order valence-electron chi connectivity index (χ3n) is 1.61. The zero-order chi connectivity index (χ0) is 7.56. The second-order valence-corrected chi connectivity index (χ2v) is 2.33. The summed E-state index contributed by atoms with van der Waals surface area (Å²) in [7, 11) is 1.59. The normalized spacial score (nSPS) is 28.2. The van der Waals surface area contributed by atoms with Crippen LogP contribution in [-0.2, 0) is 14.4 Å².